The second kappa shape index (κ2) is 17.6. The first-order chi connectivity index (χ1) is 16.8. The number of hydrogen-bond donors (Lipinski definition) is 0. The van der Waals surface area contributed by atoms with Crippen LogP contribution in [0.1, 0.15) is 79.7 Å². The summed E-state index contributed by atoms with van der Waals surface area (Å²) in [5.74, 6) is 0.437. The molecule has 2 rings (SSSR count). The fourth-order valence-corrected chi connectivity index (χ4v) is 3.87. The van der Waals surface area contributed by atoms with E-state index < -0.39 is 0 Å². The summed E-state index contributed by atoms with van der Waals surface area (Å²) in [5, 5.41) is 0. The number of benzene rings is 1. The van der Waals surface area contributed by atoms with Gasteiger partial charge in [0.1, 0.15) is 0 Å². The van der Waals surface area contributed by atoms with Crippen molar-refractivity contribution < 1.29 is 0 Å². The molecule has 1 nitrogen and oxygen atoms in total. The van der Waals surface area contributed by atoms with E-state index in [1.54, 1.807) is 0 Å². The van der Waals surface area contributed by atoms with Gasteiger partial charge < -0.3 is 4.90 Å². The van der Waals surface area contributed by atoms with Gasteiger partial charge in [-0.1, -0.05) is 116 Å². The molecule has 1 aromatic carbocycles. The third-order valence-corrected chi connectivity index (χ3v) is 5.91. The molecule has 1 aliphatic carbocycles. The summed E-state index contributed by atoms with van der Waals surface area (Å²) < 4.78 is 0. The third-order valence-electron chi connectivity index (χ3n) is 5.91. The van der Waals surface area contributed by atoms with Gasteiger partial charge in [0.15, 0.2) is 0 Å². The smallest absolute Gasteiger partial charge is 0.0405 e. The van der Waals surface area contributed by atoms with Crippen LogP contribution in [0, 0.1) is 5.92 Å². The maximum absolute atomic E-state index is 4.07. The van der Waals surface area contributed by atoms with Crippen LogP contribution in [0.15, 0.2) is 109 Å². The second-order valence-electron chi connectivity index (χ2n) is 9.24. The quantitative estimate of drug-likeness (QED) is 0.254. The van der Waals surface area contributed by atoms with E-state index in [0.717, 1.165) is 25.7 Å². The van der Waals surface area contributed by atoms with Crippen LogP contribution in [0.2, 0.25) is 0 Å². The number of rotatable bonds is 9. The molecular weight excluding hydrogens is 422 g/mol. The summed E-state index contributed by atoms with van der Waals surface area (Å²) in [4.78, 5) is 2.34. The van der Waals surface area contributed by atoms with E-state index in [9.17, 15) is 0 Å². The Balaban J connectivity index is 0.00000274. The predicted octanol–water partition coefficient (Wildman–Crippen LogP) is 10.5. The average molecular weight is 474 g/mol. The molecule has 0 spiro atoms. The van der Waals surface area contributed by atoms with Crippen LogP contribution in [0.25, 0.3) is 0 Å². The molecule has 1 heteroatoms. The molecule has 1 unspecified atom stereocenters. The van der Waals surface area contributed by atoms with Crippen molar-refractivity contribution in [3.05, 3.63) is 115 Å². The standard InChI is InChI=1S/C30H39N.2C2H6/c1-8-14-24(9-2)17-18-25(10-3)23-26-15-12-11-13-16-29(26)31(7)28-21-19-27(20-22-28)30(4,5)6;2*1-2/h8-11,13,16-22,26H,1-3,12,14-15,23H2,4-7H3;2*1-2H3/b24-17-,25-18+;;. The molecule has 1 aromatic rings. The van der Waals surface area contributed by atoms with Gasteiger partial charge in [0.2, 0.25) is 0 Å². The van der Waals surface area contributed by atoms with Gasteiger partial charge in [-0.05, 0) is 66.0 Å². The third kappa shape index (κ3) is 11.0. The minimum absolute atomic E-state index is 0.164. The van der Waals surface area contributed by atoms with Crippen LogP contribution >= 0.6 is 0 Å². The minimum atomic E-state index is 0.164. The van der Waals surface area contributed by atoms with Crippen LogP contribution in [-0.4, -0.2) is 7.05 Å². The van der Waals surface area contributed by atoms with E-state index in [1.165, 1.54) is 28.1 Å². The van der Waals surface area contributed by atoms with Gasteiger partial charge in [-0.2, -0.15) is 0 Å². The number of allylic oxidation sites excluding steroid dienone is 11. The normalized spacial score (nSPS) is 15.9. The summed E-state index contributed by atoms with van der Waals surface area (Å²) in [7, 11) is 2.18. The van der Waals surface area contributed by atoms with E-state index in [0.29, 0.717) is 5.92 Å². The molecule has 0 bridgehead atoms. The fraction of sp³-hybridized carbons (Fsp3) is 0.412. The topological polar surface area (TPSA) is 3.24 Å². The van der Waals surface area contributed by atoms with Crippen LogP contribution < -0.4 is 4.90 Å². The first-order valence-corrected chi connectivity index (χ1v) is 13.3. The first kappa shape index (κ1) is 32.2. The summed E-state index contributed by atoms with van der Waals surface area (Å²) in [5.41, 5.74) is 6.52. The van der Waals surface area contributed by atoms with Crippen molar-refractivity contribution in [2.45, 2.75) is 79.6 Å². The maximum Gasteiger partial charge on any atom is 0.0405 e. The van der Waals surface area contributed by atoms with Gasteiger partial charge in [-0.3, -0.25) is 0 Å². The molecule has 0 radical (unpaired) electrons. The zero-order valence-electron chi connectivity index (χ0n) is 23.9. The maximum atomic E-state index is 4.07. The van der Waals surface area contributed by atoms with Gasteiger partial charge in [0, 0.05) is 24.4 Å². The van der Waals surface area contributed by atoms with Crippen molar-refractivity contribution in [2.75, 3.05) is 11.9 Å². The van der Waals surface area contributed by atoms with Crippen LogP contribution in [0.5, 0.6) is 0 Å². The fourth-order valence-electron chi connectivity index (χ4n) is 3.87. The van der Waals surface area contributed by atoms with Crippen molar-refractivity contribution in [2.24, 2.45) is 5.92 Å². The largest absolute Gasteiger partial charge is 0.348 e. The Bertz CT molecular complexity index is 882. The highest BCUT2D eigenvalue weighted by atomic mass is 15.1. The SMILES string of the molecule is C=CC/C(C=C)=C\C=C(/C=C)CC1CCC=CC=C1N(C)c1ccc(C(C)(C)C)cc1.CC.CC. The number of nitrogens with zero attached hydrogens (tertiary/aromatic N) is 1. The highest BCUT2D eigenvalue weighted by molar-refractivity contribution is 5.54. The molecule has 35 heavy (non-hydrogen) atoms. The lowest BCUT2D eigenvalue weighted by molar-refractivity contribution is 0.555. The van der Waals surface area contributed by atoms with E-state index in [1.807, 2.05) is 45.9 Å². The highest BCUT2D eigenvalue weighted by Crippen LogP contribution is 2.33. The zero-order valence-corrected chi connectivity index (χ0v) is 23.9. The lowest BCUT2D eigenvalue weighted by Crippen LogP contribution is -2.23. The molecule has 1 aliphatic rings. The highest BCUT2D eigenvalue weighted by Gasteiger charge is 2.21. The minimum Gasteiger partial charge on any atom is -0.348 e. The molecule has 0 heterocycles. The summed E-state index contributed by atoms with van der Waals surface area (Å²) in [6.45, 7) is 26.6. The number of hydrogen-bond acceptors (Lipinski definition) is 1. The van der Waals surface area contributed by atoms with Crippen molar-refractivity contribution >= 4 is 5.69 Å². The van der Waals surface area contributed by atoms with Crippen molar-refractivity contribution in [3.63, 3.8) is 0 Å². The van der Waals surface area contributed by atoms with Gasteiger partial charge in [0.05, 0.1) is 0 Å². The molecule has 0 aliphatic heterocycles. The van der Waals surface area contributed by atoms with E-state index in [-0.39, 0.29) is 5.41 Å². The van der Waals surface area contributed by atoms with E-state index >= 15 is 0 Å². The van der Waals surface area contributed by atoms with Crippen molar-refractivity contribution in [1.29, 1.82) is 0 Å². The molecule has 0 amide bonds. The lowest BCUT2D eigenvalue weighted by atomic mass is 9.87. The van der Waals surface area contributed by atoms with Crippen LogP contribution in [-0.2, 0) is 5.41 Å². The predicted molar refractivity (Wildman–Crippen MR) is 162 cm³/mol. The van der Waals surface area contributed by atoms with Gasteiger partial charge in [-0.15, -0.1) is 6.58 Å². The zero-order chi connectivity index (χ0) is 26.9. The van der Waals surface area contributed by atoms with Crippen LogP contribution in [0.3, 0.4) is 0 Å². The Hall–Kier alpha value is -2.80. The first-order valence-electron chi connectivity index (χ1n) is 13.3. The molecule has 0 saturated carbocycles. The molecule has 0 aromatic heterocycles. The van der Waals surface area contributed by atoms with Crippen molar-refractivity contribution in [1.82, 2.24) is 0 Å². The van der Waals surface area contributed by atoms with Gasteiger partial charge in [-0.25, -0.2) is 0 Å². The molecule has 0 fully saturated rings. The Morgan fingerprint density at radius 2 is 1.51 bits per heavy atom. The van der Waals surface area contributed by atoms with E-state index in [2.05, 4.69) is 107 Å². The molecular formula is C34H51N. The Morgan fingerprint density at radius 3 is 2.03 bits per heavy atom. The summed E-state index contributed by atoms with van der Waals surface area (Å²) in [6.07, 6.45) is 20.9. The molecule has 192 valence electrons. The summed E-state index contributed by atoms with van der Waals surface area (Å²) in [6, 6.07) is 8.99. The Labute approximate surface area is 218 Å². The molecule has 0 saturated heterocycles. The second-order valence-corrected chi connectivity index (χ2v) is 9.24. The van der Waals surface area contributed by atoms with Crippen molar-refractivity contribution in [3.8, 4) is 0 Å². The van der Waals surface area contributed by atoms with Crippen LogP contribution in [0.4, 0.5) is 5.69 Å². The van der Waals surface area contributed by atoms with E-state index in [4.69, 9.17) is 0 Å². The Morgan fingerprint density at radius 1 is 0.943 bits per heavy atom. The molecule has 1 atom stereocenters. The number of anilines is 1. The van der Waals surface area contributed by atoms with Gasteiger partial charge in [0.25, 0.3) is 0 Å². The average Bonchev–Trinajstić information content (AvgIpc) is 3.12. The Kier molecular flexibility index (Phi) is 16.2. The van der Waals surface area contributed by atoms with Gasteiger partial charge >= 0.3 is 0 Å². The summed E-state index contributed by atoms with van der Waals surface area (Å²) >= 11 is 0. The molecule has 0 N–H and O–H groups in total. The lowest BCUT2D eigenvalue weighted by Gasteiger charge is -2.30. The monoisotopic (exact) mass is 473 g/mol.